The molecule has 5 heteroatoms. The topological polar surface area (TPSA) is 46.3 Å². The molecule has 0 saturated heterocycles. The van der Waals surface area contributed by atoms with Gasteiger partial charge in [-0.15, -0.1) is 11.3 Å². The van der Waals surface area contributed by atoms with Gasteiger partial charge in [-0.3, -0.25) is 4.79 Å². The molecule has 1 aromatic heterocycles. The van der Waals surface area contributed by atoms with Gasteiger partial charge in [-0.2, -0.15) is 0 Å². The number of carbonyl (C=O) groups excluding carboxylic acids is 1. The molecule has 0 unspecified atom stereocenters. The van der Waals surface area contributed by atoms with Gasteiger partial charge in [0.25, 0.3) is 5.91 Å². The van der Waals surface area contributed by atoms with E-state index in [1.54, 1.807) is 0 Å². The number of nitrogens with two attached hydrogens (primary N) is 1. The number of carbonyl (C=O) groups is 1. The fraction of sp³-hybridized carbons (Fsp3) is 0.538. The minimum atomic E-state index is 0.0948. The molecule has 1 heterocycles. The highest BCUT2D eigenvalue weighted by Gasteiger charge is 2.16. The lowest BCUT2D eigenvalue weighted by molar-refractivity contribution is 0.0762. The first-order valence-electron chi connectivity index (χ1n) is 6.26. The van der Waals surface area contributed by atoms with Crippen LogP contribution in [-0.2, 0) is 0 Å². The number of amides is 1. The fourth-order valence-electron chi connectivity index (χ4n) is 1.67. The lowest BCUT2D eigenvalue weighted by atomic mass is 10.2. The van der Waals surface area contributed by atoms with Crippen LogP contribution in [0.5, 0.6) is 0 Å². The van der Waals surface area contributed by atoms with E-state index in [1.165, 1.54) is 11.3 Å². The van der Waals surface area contributed by atoms with Crippen LogP contribution in [0, 0.1) is 0 Å². The normalized spacial score (nSPS) is 10.3. The van der Waals surface area contributed by atoms with Gasteiger partial charge in [0.15, 0.2) is 0 Å². The van der Waals surface area contributed by atoms with Crippen molar-refractivity contribution < 1.29 is 4.79 Å². The first-order chi connectivity index (χ1) is 8.65. The predicted octanol–water partition coefficient (Wildman–Crippen LogP) is 3.06. The SMILES string of the molecule is CCCCCN(CCC(N)=S)C(=O)c1cccs1. The molecule has 0 aromatic carbocycles. The summed E-state index contributed by atoms with van der Waals surface area (Å²) in [6.07, 6.45) is 3.92. The summed E-state index contributed by atoms with van der Waals surface area (Å²) in [4.78, 5) is 15.4. The maximum atomic E-state index is 12.3. The summed E-state index contributed by atoms with van der Waals surface area (Å²) in [5.74, 6) is 0.0948. The van der Waals surface area contributed by atoms with E-state index in [-0.39, 0.29) is 5.91 Å². The second kappa shape index (κ2) is 8.21. The molecule has 1 amide bonds. The van der Waals surface area contributed by atoms with E-state index in [4.69, 9.17) is 18.0 Å². The number of thiophene rings is 1. The molecule has 100 valence electrons. The maximum absolute atomic E-state index is 12.3. The standard InChI is InChI=1S/C13H20N2OS2/c1-2-3-4-8-15(9-7-12(14)17)13(16)11-6-5-10-18-11/h5-6,10H,2-4,7-9H2,1H3,(H2,14,17). The van der Waals surface area contributed by atoms with Crippen LogP contribution in [-0.4, -0.2) is 28.9 Å². The van der Waals surface area contributed by atoms with Crippen molar-refractivity contribution in [3.63, 3.8) is 0 Å². The molecule has 0 radical (unpaired) electrons. The van der Waals surface area contributed by atoms with Gasteiger partial charge >= 0.3 is 0 Å². The van der Waals surface area contributed by atoms with Gasteiger partial charge in [-0.05, 0) is 17.9 Å². The second-order valence-corrected chi connectivity index (χ2v) is 5.66. The molecule has 0 fully saturated rings. The summed E-state index contributed by atoms with van der Waals surface area (Å²) < 4.78 is 0. The molecule has 0 atom stereocenters. The van der Waals surface area contributed by atoms with E-state index in [0.717, 1.165) is 30.7 Å². The summed E-state index contributed by atoms with van der Waals surface area (Å²) in [5.41, 5.74) is 5.51. The van der Waals surface area contributed by atoms with E-state index in [9.17, 15) is 4.79 Å². The van der Waals surface area contributed by atoms with Crippen LogP contribution in [0.25, 0.3) is 0 Å². The van der Waals surface area contributed by atoms with Crippen LogP contribution in [0.1, 0.15) is 42.3 Å². The number of rotatable bonds is 8. The Bertz CT molecular complexity index is 376. The molecular weight excluding hydrogens is 264 g/mol. The molecule has 0 aliphatic carbocycles. The highest BCUT2D eigenvalue weighted by atomic mass is 32.1. The van der Waals surface area contributed by atoms with Gasteiger partial charge < -0.3 is 10.6 Å². The molecule has 0 bridgehead atoms. The van der Waals surface area contributed by atoms with E-state index in [0.29, 0.717) is 18.0 Å². The van der Waals surface area contributed by atoms with E-state index < -0.39 is 0 Å². The number of hydrogen-bond acceptors (Lipinski definition) is 3. The smallest absolute Gasteiger partial charge is 0.263 e. The Morgan fingerprint density at radius 1 is 1.44 bits per heavy atom. The highest BCUT2D eigenvalue weighted by Crippen LogP contribution is 2.13. The summed E-state index contributed by atoms with van der Waals surface area (Å²) in [6.45, 7) is 3.56. The summed E-state index contributed by atoms with van der Waals surface area (Å²) in [6, 6.07) is 3.76. The van der Waals surface area contributed by atoms with Crippen LogP contribution in [0.15, 0.2) is 17.5 Å². The van der Waals surface area contributed by atoms with Crippen molar-refractivity contribution in [3.8, 4) is 0 Å². The Labute approximate surface area is 118 Å². The third-order valence-corrected chi connectivity index (χ3v) is 3.74. The summed E-state index contributed by atoms with van der Waals surface area (Å²) >= 11 is 6.36. The van der Waals surface area contributed by atoms with Gasteiger partial charge in [0, 0.05) is 19.5 Å². The highest BCUT2D eigenvalue weighted by molar-refractivity contribution is 7.80. The van der Waals surface area contributed by atoms with Gasteiger partial charge in [0.05, 0.1) is 9.87 Å². The first kappa shape index (κ1) is 15.1. The molecule has 0 spiro atoms. The minimum absolute atomic E-state index is 0.0948. The zero-order valence-electron chi connectivity index (χ0n) is 10.7. The lowest BCUT2D eigenvalue weighted by Gasteiger charge is -2.21. The molecule has 0 aliphatic rings. The van der Waals surface area contributed by atoms with Crippen molar-refractivity contribution in [2.45, 2.75) is 32.6 Å². The minimum Gasteiger partial charge on any atom is -0.393 e. The number of nitrogens with zero attached hydrogens (tertiary/aromatic N) is 1. The lowest BCUT2D eigenvalue weighted by Crippen LogP contribution is -2.34. The zero-order valence-corrected chi connectivity index (χ0v) is 12.4. The maximum Gasteiger partial charge on any atom is 0.263 e. The average Bonchev–Trinajstić information content (AvgIpc) is 2.86. The van der Waals surface area contributed by atoms with Crippen molar-refractivity contribution in [2.75, 3.05) is 13.1 Å². The Morgan fingerprint density at radius 2 is 2.22 bits per heavy atom. The molecule has 18 heavy (non-hydrogen) atoms. The molecule has 0 saturated carbocycles. The zero-order chi connectivity index (χ0) is 13.4. The third kappa shape index (κ3) is 5.14. The molecule has 1 rings (SSSR count). The van der Waals surface area contributed by atoms with Gasteiger partial charge in [-0.25, -0.2) is 0 Å². The first-order valence-corrected chi connectivity index (χ1v) is 7.55. The van der Waals surface area contributed by atoms with E-state index in [1.807, 2.05) is 22.4 Å². The molecule has 2 N–H and O–H groups in total. The largest absolute Gasteiger partial charge is 0.393 e. The van der Waals surface area contributed by atoms with Crippen molar-refractivity contribution in [1.82, 2.24) is 4.90 Å². The number of unbranched alkanes of at least 4 members (excludes halogenated alkanes) is 2. The van der Waals surface area contributed by atoms with Crippen LogP contribution in [0.3, 0.4) is 0 Å². The Kier molecular flexibility index (Phi) is 6.90. The quantitative estimate of drug-likeness (QED) is 0.589. The van der Waals surface area contributed by atoms with Crippen LogP contribution >= 0.6 is 23.6 Å². The van der Waals surface area contributed by atoms with E-state index in [2.05, 4.69) is 6.92 Å². The second-order valence-electron chi connectivity index (χ2n) is 4.19. The fourth-order valence-corrected chi connectivity index (χ4v) is 2.45. The Hall–Kier alpha value is -0.940. The summed E-state index contributed by atoms with van der Waals surface area (Å²) in [7, 11) is 0. The van der Waals surface area contributed by atoms with E-state index >= 15 is 0 Å². The van der Waals surface area contributed by atoms with Gasteiger partial charge in [0.2, 0.25) is 0 Å². The monoisotopic (exact) mass is 284 g/mol. The predicted molar refractivity (Wildman–Crippen MR) is 81.1 cm³/mol. The van der Waals surface area contributed by atoms with Gasteiger partial charge in [-0.1, -0.05) is 38.0 Å². The average molecular weight is 284 g/mol. The van der Waals surface area contributed by atoms with Gasteiger partial charge in [0.1, 0.15) is 0 Å². The molecule has 0 aliphatic heterocycles. The summed E-state index contributed by atoms with van der Waals surface area (Å²) in [5, 5.41) is 1.92. The number of thiocarbonyl (C=S) groups is 1. The van der Waals surface area contributed by atoms with Crippen molar-refractivity contribution >= 4 is 34.5 Å². The third-order valence-electron chi connectivity index (χ3n) is 2.68. The van der Waals surface area contributed by atoms with Crippen LogP contribution in [0.4, 0.5) is 0 Å². The Morgan fingerprint density at radius 3 is 2.78 bits per heavy atom. The molecule has 1 aromatic rings. The van der Waals surface area contributed by atoms with Crippen LogP contribution < -0.4 is 5.73 Å². The van der Waals surface area contributed by atoms with Crippen LogP contribution in [0.2, 0.25) is 0 Å². The Balaban J connectivity index is 2.57. The molecule has 3 nitrogen and oxygen atoms in total. The number of hydrogen-bond donors (Lipinski definition) is 1. The van der Waals surface area contributed by atoms with Crippen molar-refractivity contribution in [3.05, 3.63) is 22.4 Å². The van der Waals surface area contributed by atoms with Crippen molar-refractivity contribution in [2.24, 2.45) is 5.73 Å². The van der Waals surface area contributed by atoms with Crippen molar-refractivity contribution in [1.29, 1.82) is 0 Å². The molecular formula is C13H20N2OS2.